The number of benzene rings is 2. The molecule has 1 N–H and O–H groups in total. The number of carbonyl (C=O) groups excluding carboxylic acids is 1. The van der Waals surface area contributed by atoms with Crippen LogP contribution in [0.25, 0.3) is 5.69 Å². The first-order chi connectivity index (χ1) is 13.9. The Labute approximate surface area is 172 Å². The van der Waals surface area contributed by atoms with Crippen molar-refractivity contribution in [1.82, 2.24) is 9.47 Å². The number of amides is 1. The summed E-state index contributed by atoms with van der Waals surface area (Å²) in [5.41, 5.74) is 5.66. The number of aromatic nitrogens is 1. The van der Waals surface area contributed by atoms with Crippen LogP contribution in [-0.4, -0.2) is 43.1 Å². The Hall–Kier alpha value is -3.05. The molecule has 0 bridgehead atoms. The zero-order chi connectivity index (χ0) is 21.0. The van der Waals surface area contributed by atoms with Crippen LogP contribution in [0.3, 0.4) is 0 Å². The Bertz CT molecular complexity index is 971. The number of likely N-dealkylation sites (N-methyl/N-ethyl adjacent to an activating group) is 1. The van der Waals surface area contributed by atoms with Gasteiger partial charge >= 0.3 is 0 Å². The number of ether oxygens (including phenoxy) is 1. The number of carbonyl (C=O) groups is 1. The Kier molecular flexibility index (Phi) is 6.39. The van der Waals surface area contributed by atoms with Gasteiger partial charge in [-0.05, 0) is 82.4 Å². The summed E-state index contributed by atoms with van der Waals surface area (Å²) in [6, 6.07) is 17.8. The molecule has 29 heavy (non-hydrogen) atoms. The monoisotopic (exact) mass is 391 g/mol. The Balaban J connectivity index is 1.76. The van der Waals surface area contributed by atoms with Crippen LogP contribution in [0.2, 0.25) is 0 Å². The minimum Gasteiger partial charge on any atom is -0.497 e. The summed E-state index contributed by atoms with van der Waals surface area (Å²) >= 11 is 0. The maximum absolute atomic E-state index is 12.9. The van der Waals surface area contributed by atoms with Crippen LogP contribution >= 0.6 is 0 Å². The largest absolute Gasteiger partial charge is 0.497 e. The number of methoxy groups -OCH3 is 1. The lowest BCUT2D eigenvalue weighted by atomic mass is 10.1. The molecule has 0 spiro atoms. The highest BCUT2D eigenvalue weighted by Crippen LogP contribution is 2.23. The average molecular weight is 392 g/mol. The topological polar surface area (TPSA) is 46.5 Å². The Morgan fingerprint density at radius 2 is 1.69 bits per heavy atom. The molecule has 0 saturated carbocycles. The lowest BCUT2D eigenvalue weighted by molar-refractivity contribution is 0.102. The summed E-state index contributed by atoms with van der Waals surface area (Å²) in [5, 5.41) is 3.02. The molecule has 0 aliphatic heterocycles. The fourth-order valence-electron chi connectivity index (χ4n) is 3.43. The molecule has 0 saturated heterocycles. The van der Waals surface area contributed by atoms with Crippen molar-refractivity contribution in [2.75, 3.05) is 33.1 Å². The van der Waals surface area contributed by atoms with E-state index in [-0.39, 0.29) is 5.91 Å². The van der Waals surface area contributed by atoms with Crippen LogP contribution in [0.5, 0.6) is 5.75 Å². The predicted molar refractivity (Wildman–Crippen MR) is 118 cm³/mol. The summed E-state index contributed by atoms with van der Waals surface area (Å²) in [5.74, 6) is 0.710. The van der Waals surface area contributed by atoms with Crippen LogP contribution < -0.4 is 10.1 Å². The summed E-state index contributed by atoms with van der Waals surface area (Å²) in [4.78, 5) is 15.0. The Morgan fingerprint density at radius 3 is 2.28 bits per heavy atom. The molecule has 1 amide bonds. The molecule has 0 aliphatic rings. The SMILES string of the molecule is COc1ccc(-n2c(C)cc(C(=O)Nc3ccc(CCN(C)C)cc3)c2C)cc1. The fourth-order valence-corrected chi connectivity index (χ4v) is 3.43. The summed E-state index contributed by atoms with van der Waals surface area (Å²) < 4.78 is 7.32. The first kappa shape index (κ1) is 20.7. The van der Waals surface area contributed by atoms with Gasteiger partial charge in [0.25, 0.3) is 5.91 Å². The lowest BCUT2D eigenvalue weighted by Gasteiger charge is -2.11. The van der Waals surface area contributed by atoms with Crippen molar-refractivity contribution in [2.24, 2.45) is 0 Å². The van der Waals surface area contributed by atoms with Gasteiger partial charge in [0, 0.05) is 29.3 Å². The number of rotatable bonds is 7. The number of anilines is 1. The van der Waals surface area contributed by atoms with Gasteiger partial charge in [0.1, 0.15) is 5.75 Å². The smallest absolute Gasteiger partial charge is 0.257 e. The summed E-state index contributed by atoms with van der Waals surface area (Å²) in [6.45, 7) is 4.98. The van der Waals surface area contributed by atoms with Crippen molar-refractivity contribution in [3.63, 3.8) is 0 Å². The molecule has 3 rings (SSSR count). The zero-order valence-electron chi connectivity index (χ0n) is 17.8. The third-order valence-corrected chi connectivity index (χ3v) is 5.07. The molecule has 1 aromatic heterocycles. The van der Waals surface area contributed by atoms with E-state index in [1.807, 2.05) is 56.3 Å². The van der Waals surface area contributed by atoms with Crippen molar-refractivity contribution >= 4 is 11.6 Å². The highest BCUT2D eigenvalue weighted by molar-refractivity contribution is 6.05. The standard InChI is InChI=1S/C24H29N3O2/c1-17-16-23(18(2)27(17)21-10-12-22(29-5)13-11-21)24(28)25-20-8-6-19(7-9-20)14-15-26(3)4/h6-13,16H,14-15H2,1-5H3,(H,25,28). The van der Waals surface area contributed by atoms with E-state index in [1.165, 1.54) is 5.56 Å². The second kappa shape index (κ2) is 8.97. The molecule has 0 atom stereocenters. The highest BCUT2D eigenvalue weighted by Gasteiger charge is 2.17. The molecule has 5 heteroatoms. The third kappa shape index (κ3) is 4.87. The van der Waals surface area contributed by atoms with E-state index < -0.39 is 0 Å². The Morgan fingerprint density at radius 1 is 1.03 bits per heavy atom. The molecule has 0 radical (unpaired) electrons. The summed E-state index contributed by atoms with van der Waals surface area (Å²) in [6.07, 6.45) is 0.990. The molecule has 0 unspecified atom stereocenters. The molecule has 2 aromatic carbocycles. The molecule has 1 heterocycles. The van der Waals surface area contributed by atoms with Crippen molar-refractivity contribution in [1.29, 1.82) is 0 Å². The van der Waals surface area contributed by atoms with E-state index >= 15 is 0 Å². The number of aryl methyl sites for hydroxylation is 1. The van der Waals surface area contributed by atoms with Crippen LogP contribution in [0, 0.1) is 13.8 Å². The number of hydrogen-bond donors (Lipinski definition) is 1. The van der Waals surface area contributed by atoms with Crippen LogP contribution in [0.1, 0.15) is 27.3 Å². The molecule has 3 aromatic rings. The highest BCUT2D eigenvalue weighted by atomic mass is 16.5. The minimum absolute atomic E-state index is 0.0982. The molecule has 0 fully saturated rings. The van der Waals surface area contributed by atoms with Crippen molar-refractivity contribution in [2.45, 2.75) is 20.3 Å². The van der Waals surface area contributed by atoms with Gasteiger partial charge in [-0.1, -0.05) is 12.1 Å². The first-order valence-corrected chi connectivity index (χ1v) is 9.77. The second-order valence-electron chi connectivity index (χ2n) is 7.52. The van der Waals surface area contributed by atoms with Crippen molar-refractivity contribution in [3.8, 4) is 11.4 Å². The van der Waals surface area contributed by atoms with Crippen molar-refractivity contribution in [3.05, 3.63) is 77.1 Å². The number of hydrogen-bond acceptors (Lipinski definition) is 3. The molecular formula is C24H29N3O2. The van der Waals surface area contributed by atoms with Gasteiger partial charge in [0.15, 0.2) is 0 Å². The van der Waals surface area contributed by atoms with Crippen LogP contribution in [0.15, 0.2) is 54.6 Å². The van der Waals surface area contributed by atoms with E-state index in [1.54, 1.807) is 7.11 Å². The second-order valence-corrected chi connectivity index (χ2v) is 7.52. The molecular weight excluding hydrogens is 362 g/mol. The van der Waals surface area contributed by atoms with Crippen molar-refractivity contribution < 1.29 is 9.53 Å². The van der Waals surface area contributed by atoms with E-state index in [4.69, 9.17) is 4.74 Å². The third-order valence-electron chi connectivity index (χ3n) is 5.07. The fraction of sp³-hybridized carbons (Fsp3) is 0.292. The predicted octanol–water partition coefficient (Wildman–Crippen LogP) is 4.46. The maximum atomic E-state index is 12.9. The van der Waals surface area contributed by atoms with Gasteiger partial charge in [0.2, 0.25) is 0 Å². The number of nitrogens with zero attached hydrogens (tertiary/aromatic N) is 2. The van der Waals surface area contributed by atoms with E-state index in [0.717, 1.165) is 41.5 Å². The van der Waals surface area contributed by atoms with E-state index in [9.17, 15) is 4.79 Å². The molecule has 5 nitrogen and oxygen atoms in total. The van der Waals surface area contributed by atoms with E-state index in [0.29, 0.717) is 5.56 Å². The van der Waals surface area contributed by atoms with Crippen LogP contribution in [-0.2, 0) is 6.42 Å². The van der Waals surface area contributed by atoms with Gasteiger partial charge in [-0.3, -0.25) is 4.79 Å². The van der Waals surface area contributed by atoms with Gasteiger partial charge in [-0.2, -0.15) is 0 Å². The lowest BCUT2D eigenvalue weighted by Crippen LogP contribution is -2.15. The quantitative estimate of drug-likeness (QED) is 0.647. The number of nitrogens with one attached hydrogen (secondary N) is 1. The summed E-state index contributed by atoms with van der Waals surface area (Å²) in [7, 11) is 5.78. The maximum Gasteiger partial charge on any atom is 0.257 e. The normalized spacial score (nSPS) is 11.0. The van der Waals surface area contributed by atoms with Gasteiger partial charge in [0.05, 0.1) is 12.7 Å². The van der Waals surface area contributed by atoms with E-state index in [2.05, 4.69) is 41.0 Å². The minimum atomic E-state index is -0.0982. The first-order valence-electron chi connectivity index (χ1n) is 9.77. The molecule has 0 aliphatic carbocycles. The van der Waals surface area contributed by atoms with Gasteiger partial charge in [-0.15, -0.1) is 0 Å². The molecule has 152 valence electrons. The zero-order valence-corrected chi connectivity index (χ0v) is 17.8. The van der Waals surface area contributed by atoms with Gasteiger partial charge in [-0.25, -0.2) is 0 Å². The van der Waals surface area contributed by atoms with Crippen LogP contribution in [0.4, 0.5) is 5.69 Å². The average Bonchev–Trinajstić information content (AvgIpc) is 3.01. The van der Waals surface area contributed by atoms with Gasteiger partial charge < -0.3 is 19.5 Å².